The third kappa shape index (κ3) is 6.24. The van der Waals surface area contributed by atoms with Crippen LogP contribution in [0.1, 0.15) is 39.1 Å². The minimum absolute atomic E-state index is 0.0246. The highest BCUT2D eigenvalue weighted by atomic mass is 32.1. The lowest BCUT2D eigenvalue weighted by molar-refractivity contribution is -0.120. The van der Waals surface area contributed by atoms with Gasteiger partial charge in [0.25, 0.3) is 5.56 Å². The van der Waals surface area contributed by atoms with E-state index in [0.29, 0.717) is 24.0 Å². The van der Waals surface area contributed by atoms with Gasteiger partial charge in [-0.1, -0.05) is 13.8 Å². The zero-order valence-corrected chi connectivity index (χ0v) is 28.4. The summed E-state index contributed by atoms with van der Waals surface area (Å²) in [4.78, 5) is 35.5. The SMILES string of the molecule is CC[C@H]1[C@H](n2cnc3c(N)ncnc32)O[C@](CC)(CO[PH](=O)O[C@H]2[C@@H](O)[C@H](n3cnc4c(=O)[nH]c(N)nc43)O[C@@H]2COCS)[C@H]1OP=O. The summed E-state index contributed by atoms with van der Waals surface area (Å²) in [5, 5.41) is 11.3. The first-order chi connectivity index (χ1) is 23.2. The van der Waals surface area contributed by atoms with E-state index in [1.54, 1.807) is 4.57 Å². The highest BCUT2D eigenvalue weighted by molar-refractivity contribution is 7.80. The molecular formula is C25H34N10O10P2S. The van der Waals surface area contributed by atoms with E-state index in [2.05, 4.69) is 42.5 Å². The molecule has 0 saturated carbocycles. The normalized spacial score (nSPS) is 29.8. The van der Waals surface area contributed by atoms with Crippen LogP contribution in [-0.2, 0) is 36.9 Å². The lowest BCUT2D eigenvalue weighted by Crippen LogP contribution is -2.45. The van der Waals surface area contributed by atoms with Crippen LogP contribution in [0.15, 0.2) is 23.8 Å². The zero-order chi connectivity index (χ0) is 34.2. The Kier molecular flexibility index (Phi) is 10.4. The van der Waals surface area contributed by atoms with Gasteiger partial charge in [-0.2, -0.15) is 17.6 Å². The molecule has 2 saturated heterocycles. The third-order valence-electron chi connectivity index (χ3n) is 8.59. The highest BCUT2D eigenvalue weighted by Crippen LogP contribution is 2.50. The number of ether oxygens (including phenoxy) is 3. The van der Waals surface area contributed by atoms with Gasteiger partial charge in [0.2, 0.25) is 5.95 Å². The van der Waals surface area contributed by atoms with E-state index in [-0.39, 0.29) is 48.0 Å². The molecule has 6 rings (SSSR count). The van der Waals surface area contributed by atoms with Crippen LogP contribution in [0.4, 0.5) is 11.8 Å². The van der Waals surface area contributed by atoms with Gasteiger partial charge in [0.15, 0.2) is 28.9 Å². The maximum Gasteiger partial charge on any atom is 0.327 e. The Labute approximate surface area is 279 Å². The van der Waals surface area contributed by atoms with Crippen LogP contribution in [0.5, 0.6) is 0 Å². The van der Waals surface area contributed by atoms with E-state index >= 15 is 0 Å². The van der Waals surface area contributed by atoms with E-state index in [0.717, 1.165) is 0 Å². The minimum atomic E-state index is -3.37. The summed E-state index contributed by atoms with van der Waals surface area (Å²) in [5.41, 5.74) is 10.8. The highest BCUT2D eigenvalue weighted by Gasteiger charge is 2.56. The van der Waals surface area contributed by atoms with Crippen molar-refractivity contribution in [2.24, 2.45) is 5.92 Å². The fourth-order valence-electron chi connectivity index (χ4n) is 6.25. The molecule has 0 bridgehead atoms. The molecule has 0 radical (unpaired) electrons. The number of nitrogens with one attached hydrogen (secondary N) is 1. The smallest absolute Gasteiger partial charge is 0.327 e. The fourth-order valence-corrected chi connectivity index (χ4v) is 7.74. The molecule has 9 atom stereocenters. The molecule has 260 valence electrons. The van der Waals surface area contributed by atoms with Crippen molar-refractivity contribution in [2.45, 2.75) is 69.2 Å². The summed E-state index contributed by atoms with van der Waals surface area (Å²) in [6, 6.07) is 0. The number of aromatic amines is 1. The molecule has 2 fully saturated rings. The van der Waals surface area contributed by atoms with Crippen LogP contribution < -0.4 is 17.0 Å². The number of rotatable bonds is 14. The molecule has 4 aromatic heterocycles. The number of anilines is 2. The van der Waals surface area contributed by atoms with Gasteiger partial charge in [-0.25, -0.2) is 24.5 Å². The number of aliphatic hydroxyl groups excluding tert-OH is 1. The number of hydrogen-bond acceptors (Lipinski definition) is 18. The molecule has 2 aliphatic heterocycles. The van der Waals surface area contributed by atoms with Crippen molar-refractivity contribution in [1.29, 1.82) is 0 Å². The average molecular weight is 729 g/mol. The van der Waals surface area contributed by atoms with Gasteiger partial charge in [-0.15, -0.1) is 0 Å². The minimum Gasteiger partial charge on any atom is -0.386 e. The fraction of sp³-hybridized carbons (Fsp3) is 0.600. The van der Waals surface area contributed by atoms with Crippen molar-refractivity contribution in [2.75, 3.05) is 30.6 Å². The lowest BCUT2D eigenvalue weighted by atomic mass is 9.87. The Bertz CT molecular complexity index is 1860. The molecule has 6 N–H and O–H groups in total. The first kappa shape index (κ1) is 34.8. The summed E-state index contributed by atoms with van der Waals surface area (Å²) in [6.07, 6.45) is -1.28. The topological polar surface area (TPSA) is 269 Å². The maximum atomic E-state index is 13.4. The molecule has 2 aliphatic rings. The molecule has 20 nitrogen and oxygen atoms in total. The second-order valence-electron chi connectivity index (χ2n) is 11.1. The Morgan fingerprint density at radius 3 is 2.60 bits per heavy atom. The molecule has 0 amide bonds. The van der Waals surface area contributed by atoms with E-state index in [1.165, 1.54) is 23.5 Å². The number of H-pyrrole nitrogens is 1. The van der Waals surface area contributed by atoms with E-state index < -0.39 is 65.0 Å². The number of thiol groups is 1. The van der Waals surface area contributed by atoms with Crippen LogP contribution in [0.2, 0.25) is 0 Å². The molecular weight excluding hydrogens is 694 g/mol. The largest absolute Gasteiger partial charge is 0.386 e. The zero-order valence-electron chi connectivity index (χ0n) is 25.6. The van der Waals surface area contributed by atoms with Gasteiger partial charge in [0.05, 0.1) is 31.8 Å². The lowest BCUT2D eigenvalue weighted by Gasteiger charge is -2.32. The number of aromatic nitrogens is 8. The van der Waals surface area contributed by atoms with Crippen molar-refractivity contribution in [1.82, 2.24) is 39.0 Å². The third-order valence-corrected chi connectivity index (χ3v) is 9.93. The quantitative estimate of drug-likeness (QED) is 0.0697. The summed E-state index contributed by atoms with van der Waals surface area (Å²) in [5.74, 6) is -0.292. The van der Waals surface area contributed by atoms with Crippen molar-refractivity contribution in [3.63, 3.8) is 0 Å². The number of aliphatic hydroxyl groups is 1. The number of nitrogen functional groups attached to an aromatic ring is 2. The molecule has 23 heteroatoms. The molecule has 0 spiro atoms. The number of nitrogens with two attached hydrogens (primary N) is 2. The first-order valence-corrected chi connectivity index (χ1v) is 17.4. The number of hydrogen-bond donors (Lipinski definition) is 5. The van der Waals surface area contributed by atoms with Crippen LogP contribution in [0.25, 0.3) is 22.3 Å². The molecule has 4 aromatic rings. The van der Waals surface area contributed by atoms with Crippen LogP contribution >= 0.6 is 29.6 Å². The van der Waals surface area contributed by atoms with Gasteiger partial charge in [0.1, 0.15) is 48.1 Å². The van der Waals surface area contributed by atoms with E-state index in [9.17, 15) is 19.0 Å². The summed E-state index contributed by atoms with van der Waals surface area (Å²) >= 11 is 4.06. The molecule has 48 heavy (non-hydrogen) atoms. The van der Waals surface area contributed by atoms with Crippen molar-refractivity contribution < 1.29 is 42.0 Å². The Morgan fingerprint density at radius 2 is 1.90 bits per heavy atom. The summed E-state index contributed by atoms with van der Waals surface area (Å²) in [7, 11) is -3.95. The number of nitrogens with zero attached hydrogens (tertiary/aromatic N) is 7. The Balaban J connectivity index is 1.22. The van der Waals surface area contributed by atoms with E-state index in [4.69, 9.17) is 39.2 Å². The second kappa shape index (κ2) is 14.4. The van der Waals surface area contributed by atoms with Crippen LogP contribution in [0.3, 0.4) is 0 Å². The summed E-state index contributed by atoms with van der Waals surface area (Å²) in [6.45, 7) is 3.37. The molecule has 1 unspecified atom stereocenters. The monoisotopic (exact) mass is 728 g/mol. The molecule has 0 aromatic carbocycles. The van der Waals surface area contributed by atoms with Gasteiger partial charge in [-0.3, -0.25) is 28.0 Å². The van der Waals surface area contributed by atoms with Crippen molar-refractivity contribution >= 4 is 63.7 Å². The van der Waals surface area contributed by atoms with Crippen molar-refractivity contribution in [3.05, 3.63) is 29.3 Å². The Morgan fingerprint density at radius 1 is 1.15 bits per heavy atom. The first-order valence-electron chi connectivity index (χ1n) is 14.8. The standard InChI is InChI=1S/C25H34N10O10P2S/c1-3-11-17(44-46-38)25(4-2,43-22(11)34-8-30-13-18(26)28-7-29-19(13)34)6-41-47(39)45-16-12(5-40-10-48)42-23(15(16)36)35-9-31-14-20(35)32-24(27)33-21(14)37/h7-9,11-12,15-17,22-23,36,47-48H,3-6,10H2,1-2H3,(H2,26,28,29)(H3,27,32,33,37)/t11-,12-,15-,16-,17+,22-,23-,25-/m1/s1. The Hall–Kier alpha value is -3.10. The predicted molar refractivity (Wildman–Crippen MR) is 171 cm³/mol. The van der Waals surface area contributed by atoms with E-state index in [1.807, 2.05) is 13.8 Å². The molecule has 0 aliphatic carbocycles. The molecule has 6 heterocycles. The van der Waals surface area contributed by atoms with Gasteiger partial charge >= 0.3 is 16.9 Å². The maximum absolute atomic E-state index is 13.4. The van der Waals surface area contributed by atoms with Gasteiger partial charge in [0, 0.05) is 5.92 Å². The van der Waals surface area contributed by atoms with Crippen LogP contribution in [0, 0.1) is 5.92 Å². The van der Waals surface area contributed by atoms with Crippen LogP contribution in [-0.4, -0.2) is 93.3 Å². The second-order valence-corrected chi connectivity index (χ2v) is 12.8. The predicted octanol–water partition coefficient (Wildman–Crippen LogP) is 1.37. The average Bonchev–Trinajstić information content (AvgIpc) is 3.83. The van der Waals surface area contributed by atoms with Gasteiger partial charge in [-0.05, 0) is 12.8 Å². The number of fused-ring (bicyclic) bond motifs is 2. The number of imidazole rings is 2. The van der Waals surface area contributed by atoms with Gasteiger partial charge < -0.3 is 39.8 Å². The van der Waals surface area contributed by atoms with Crippen molar-refractivity contribution in [3.8, 4) is 0 Å². The summed E-state index contributed by atoms with van der Waals surface area (Å²) < 4.78 is 63.5.